The highest BCUT2D eigenvalue weighted by Gasteiger charge is 2.82. The average molecular weight is 802 g/mol. The number of unbranched alkanes of at least 4 members (excludes halogenated alkanes) is 16. The van der Waals surface area contributed by atoms with Crippen molar-refractivity contribution in [2.45, 2.75) is 172 Å². The molecule has 1 aliphatic heterocycles. The van der Waals surface area contributed by atoms with Crippen LogP contribution in [-0.4, -0.2) is 66.3 Å². The second-order valence-corrected chi connectivity index (χ2v) is 17.1. The highest BCUT2D eigenvalue weighted by atomic mass is 31.2. The van der Waals surface area contributed by atoms with E-state index >= 15 is 0 Å². The van der Waals surface area contributed by atoms with Crippen molar-refractivity contribution in [1.29, 1.82) is 5.26 Å². The molecule has 0 radical (unpaired) electrons. The molecule has 13 nitrogen and oxygen atoms in total. The topological polar surface area (TPSA) is 195 Å². The number of nitrogens with zero attached hydrogens (tertiary/aromatic N) is 4. The van der Waals surface area contributed by atoms with Gasteiger partial charge in [-0.2, -0.15) is 10.4 Å². The van der Waals surface area contributed by atoms with Crippen molar-refractivity contribution in [3.8, 4) is 6.07 Å². The number of phosphoric ester groups is 1. The molecule has 56 heavy (non-hydrogen) atoms. The minimum absolute atomic E-state index is 0.130. The van der Waals surface area contributed by atoms with E-state index in [2.05, 4.69) is 17.0 Å². The first-order valence-corrected chi connectivity index (χ1v) is 22.1. The zero-order chi connectivity index (χ0) is 40.2. The van der Waals surface area contributed by atoms with Crippen molar-refractivity contribution in [2.75, 3.05) is 12.3 Å². The fourth-order valence-corrected chi connectivity index (χ4v) is 8.82. The van der Waals surface area contributed by atoms with Gasteiger partial charge in [0, 0.05) is 5.56 Å². The molecule has 2 aromatic heterocycles. The maximum atomic E-state index is 14.6. The van der Waals surface area contributed by atoms with Crippen molar-refractivity contribution >= 4 is 19.2 Å². The summed E-state index contributed by atoms with van der Waals surface area (Å²) in [7, 11) is -4.79. The molecule has 0 amide bonds. The lowest BCUT2D eigenvalue weighted by Gasteiger charge is -2.32. The van der Waals surface area contributed by atoms with Gasteiger partial charge in [-0.25, -0.2) is 18.5 Å². The van der Waals surface area contributed by atoms with Crippen LogP contribution in [0.25, 0.3) is 5.52 Å². The summed E-state index contributed by atoms with van der Waals surface area (Å²) in [4.78, 5) is 14.7. The molecule has 310 valence electrons. The predicted molar refractivity (Wildman–Crippen MR) is 210 cm³/mol. The molecular weight excluding hydrogens is 740 g/mol. The summed E-state index contributed by atoms with van der Waals surface area (Å²) < 4.78 is 52.0. The number of anilines is 1. The minimum atomic E-state index is -4.79. The molecule has 1 saturated carbocycles. The van der Waals surface area contributed by atoms with Crippen LogP contribution in [0.15, 0.2) is 36.7 Å². The first kappa shape index (κ1) is 44.1. The monoisotopic (exact) mass is 801 g/mol. The lowest BCUT2D eigenvalue weighted by atomic mass is 9.91. The molecular formula is C41H61FN5O8P. The molecule has 15 heteroatoms. The maximum Gasteiger partial charge on any atom is 0.472 e. The van der Waals surface area contributed by atoms with Gasteiger partial charge in [-0.3, -0.25) is 9.05 Å². The normalized spacial score (nSPS) is 24.6. The number of aliphatic hydroxyl groups excluding tert-OH is 1. The zero-order valence-corrected chi connectivity index (χ0v) is 33.9. The Balaban J connectivity index is 1.04. The number of ether oxygens (including phenoxy) is 2. The minimum Gasteiger partial charge on any atom is -0.386 e. The van der Waals surface area contributed by atoms with Gasteiger partial charge >= 0.3 is 7.82 Å². The van der Waals surface area contributed by atoms with Crippen LogP contribution in [0.2, 0.25) is 0 Å². The van der Waals surface area contributed by atoms with E-state index in [-0.39, 0.29) is 30.2 Å². The Morgan fingerprint density at radius 1 is 1.00 bits per heavy atom. The molecule has 1 saturated heterocycles. The Morgan fingerprint density at radius 2 is 1.61 bits per heavy atom. The predicted octanol–water partition coefficient (Wildman–Crippen LogP) is 8.17. The van der Waals surface area contributed by atoms with Crippen LogP contribution in [0, 0.1) is 17.1 Å². The van der Waals surface area contributed by atoms with Crippen LogP contribution in [-0.2, 0) is 35.3 Å². The molecule has 0 bridgehead atoms. The second-order valence-electron chi connectivity index (χ2n) is 15.7. The number of benzene rings is 1. The van der Waals surface area contributed by atoms with E-state index in [4.69, 9.17) is 29.5 Å². The third-order valence-electron chi connectivity index (χ3n) is 11.4. The Hall–Kier alpha value is -2.99. The van der Waals surface area contributed by atoms with E-state index in [1.165, 1.54) is 106 Å². The summed E-state index contributed by atoms with van der Waals surface area (Å²) in [6.07, 6.45) is 18.2. The number of halogens is 1. The highest BCUT2D eigenvalue weighted by Crippen LogP contribution is 2.63. The number of nitrogens with two attached hydrogens (primary N) is 1. The summed E-state index contributed by atoms with van der Waals surface area (Å²) in [6.45, 7) is 3.37. The van der Waals surface area contributed by atoms with E-state index in [9.17, 15) is 24.1 Å². The SMILES string of the molecule is CCCCCCCCCCCCCCCCCCC[C@H](COP(=O)(O)OC1[C@H]2O[C@@](C)(c3ccc4c(N)ncnn34)[C@H](O)[C@@]12O)OCc1ccc(C#N)cc1F. The van der Waals surface area contributed by atoms with Crippen LogP contribution >= 0.6 is 7.82 Å². The summed E-state index contributed by atoms with van der Waals surface area (Å²) in [5.41, 5.74) is 3.84. The highest BCUT2D eigenvalue weighted by molar-refractivity contribution is 7.47. The first-order chi connectivity index (χ1) is 26.9. The lowest BCUT2D eigenvalue weighted by molar-refractivity contribution is -0.127. The third-order valence-corrected chi connectivity index (χ3v) is 12.3. The van der Waals surface area contributed by atoms with Crippen molar-refractivity contribution in [2.24, 2.45) is 0 Å². The molecule has 1 aromatic carbocycles. The van der Waals surface area contributed by atoms with E-state index < -0.39 is 49.3 Å². The maximum absolute atomic E-state index is 14.6. The van der Waals surface area contributed by atoms with Crippen LogP contribution in [0.3, 0.4) is 0 Å². The number of nitriles is 1. The van der Waals surface area contributed by atoms with E-state index in [0.717, 1.165) is 31.7 Å². The molecule has 1 aliphatic carbocycles. The number of hydrogen-bond donors (Lipinski definition) is 4. The summed E-state index contributed by atoms with van der Waals surface area (Å²) >= 11 is 0. The van der Waals surface area contributed by atoms with Gasteiger partial charge in [0.15, 0.2) is 11.4 Å². The number of fused-ring (bicyclic) bond motifs is 2. The van der Waals surface area contributed by atoms with Crippen LogP contribution in [0.4, 0.5) is 10.2 Å². The smallest absolute Gasteiger partial charge is 0.386 e. The summed E-state index contributed by atoms with van der Waals surface area (Å²) in [5.74, 6) is -0.360. The molecule has 2 unspecified atom stereocenters. The molecule has 2 fully saturated rings. The fraction of sp³-hybridized carbons (Fsp3) is 0.683. The second kappa shape index (κ2) is 20.6. The third kappa shape index (κ3) is 11.1. The molecule has 5 rings (SSSR count). The van der Waals surface area contributed by atoms with Crippen LogP contribution < -0.4 is 5.73 Å². The van der Waals surface area contributed by atoms with E-state index in [1.54, 1.807) is 19.1 Å². The Bertz CT molecular complexity index is 1790. The van der Waals surface area contributed by atoms with Gasteiger partial charge in [0.25, 0.3) is 0 Å². The molecule has 2 aliphatic rings. The van der Waals surface area contributed by atoms with Crippen LogP contribution in [0.1, 0.15) is 146 Å². The van der Waals surface area contributed by atoms with Gasteiger partial charge in [-0.05, 0) is 37.6 Å². The van der Waals surface area contributed by atoms with Gasteiger partial charge in [0.1, 0.15) is 41.6 Å². The number of aliphatic hydroxyl groups is 2. The lowest BCUT2D eigenvalue weighted by Crippen LogP contribution is -2.46. The van der Waals surface area contributed by atoms with Gasteiger partial charge in [-0.15, -0.1) is 0 Å². The quantitative estimate of drug-likeness (QED) is 0.0427. The van der Waals surface area contributed by atoms with Gasteiger partial charge in [0.05, 0.1) is 36.6 Å². The summed E-state index contributed by atoms with van der Waals surface area (Å²) in [5, 5.41) is 35.9. The van der Waals surface area contributed by atoms with Gasteiger partial charge < -0.3 is 30.3 Å². The number of hydrogen-bond acceptors (Lipinski definition) is 11. The molecule has 0 spiro atoms. The van der Waals surface area contributed by atoms with E-state index in [1.807, 2.05) is 6.07 Å². The van der Waals surface area contributed by atoms with E-state index in [0.29, 0.717) is 17.6 Å². The number of aromatic nitrogens is 3. The fourth-order valence-electron chi connectivity index (χ4n) is 7.84. The Kier molecular flexibility index (Phi) is 16.2. The van der Waals surface area contributed by atoms with Crippen molar-refractivity contribution in [3.63, 3.8) is 0 Å². The van der Waals surface area contributed by atoms with Crippen molar-refractivity contribution < 1.29 is 42.6 Å². The van der Waals surface area contributed by atoms with Crippen molar-refractivity contribution in [3.05, 3.63) is 59.3 Å². The zero-order valence-electron chi connectivity index (χ0n) is 33.0. The van der Waals surface area contributed by atoms with Crippen molar-refractivity contribution in [1.82, 2.24) is 14.6 Å². The number of rotatable bonds is 27. The average Bonchev–Trinajstić information content (AvgIpc) is 3.42. The Labute approximate surface area is 330 Å². The Morgan fingerprint density at radius 3 is 2.16 bits per heavy atom. The number of nitrogen functional groups attached to an aromatic ring is 1. The number of phosphoric acid groups is 1. The molecule has 3 heterocycles. The van der Waals surface area contributed by atoms with Gasteiger partial charge in [0.2, 0.25) is 0 Å². The molecule has 7 atom stereocenters. The molecule has 3 aromatic rings. The van der Waals surface area contributed by atoms with Gasteiger partial charge in [-0.1, -0.05) is 122 Å². The summed E-state index contributed by atoms with van der Waals surface area (Å²) in [6, 6.07) is 9.34. The standard InChI is InChI=1S/C41H61FN5O8P/c1-3-4-5-6-7-8-9-10-11-12-13-14-15-16-17-18-19-20-32(52-27-31-22-21-30(26-43)25-33(31)42)28-53-56(50,51)55-37-36-41(37,49)39(48)40(2,54-36)35-24-23-34-38(44)45-29-46-47(34)35/h21-25,29,32,36-37,39,48-49H,3-20,27-28H2,1-2H3,(H,50,51)(H2,44,45,46)/t32-,36-,37?,39+,40+,41+/m1/s1. The largest absolute Gasteiger partial charge is 0.472 e. The first-order valence-electron chi connectivity index (χ1n) is 20.6. The van der Waals surface area contributed by atoms with Crippen LogP contribution in [0.5, 0.6) is 0 Å². The molecule has 5 N–H and O–H groups in total.